The van der Waals surface area contributed by atoms with Crippen molar-refractivity contribution >= 4 is 5.78 Å². The number of hydrogen-bond donors (Lipinski definition) is 0. The van der Waals surface area contributed by atoms with Crippen molar-refractivity contribution in [1.82, 2.24) is 4.98 Å². The zero-order valence-electron chi connectivity index (χ0n) is 12.4. The SMILES string of the molecule is C=C(C(C)=O)/C(C)=C\C.CC.Cc1cccnc1. The van der Waals surface area contributed by atoms with Crippen LogP contribution < -0.4 is 0 Å². The summed E-state index contributed by atoms with van der Waals surface area (Å²) >= 11 is 0. The van der Waals surface area contributed by atoms with E-state index in [1.807, 2.05) is 59.0 Å². The van der Waals surface area contributed by atoms with Crippen LogP contribution in [0.25, 0.3) is 0 Å². The number of hydrogen-bond acceptors (Lipinski definition) is 2. The van der Waals surface area contributed by atoms with Crippen molar-refractivity contribution in [2.45, 2.75) is 41.5 Å². The molecule has 1 aromatic rings. The molecule has 1 rings (SSSR count). The maximum absolute atomic E-state index is 10.6. The summed E-state index contributed by atoms with van der Waals surface area (Å²) in [6.45, 7) is 14.9. The lowest BCUT2D eigenvalue weighted by molar-refractivity contribution is -0.113. The molecule has 2 heteroatoms. The standard InChI is InChI=1S/C8H12O.C6H7N.C2H6/c1-5-6(2)7(3)8(4)9;1-6-3-2-4-7-5-6;1-2/h5H,3H2,1-2,4H3;2-5H,1H3;1-2H3/b6-5-;;. The van der Waals surface area contributed by atoms with Crippen molar-refractivity contribution in [2.24, 2.45) is 0 Å². The fourth-order valence-corrected chi connectivity index (χ4v) is 0.900. The Bertz CT molecular complexity index is 377. The third-order valence-corrected chi connectivity index (χ3v) is 2.14. The van der Waals surface area contributed by atoms with Crippen LogP contribution in [0.4, 0.5) is 0 Å². The maximum atomic E-state index is 10.6. The summed E-state index contributed by atoms with van der Waals surface area (Å²) in [4.78, 5) is 14.5. The number of Topliss-reactive ketones (excluding diaryl/α,β-unsaturated/α-hetero) is 1. The summed E-state index contributed by atoms with van der Waals surface area (Å²) in [6.07, 6.45) is 5.48. The highest BCUT2D eigenvalue weighted by atomic mass is 16.1. The van der Waals surface area contributed by atoms with Crippen LogP contribution in [0.5, 0.6) is 0 Å². The Balaban J connectivity index is 0. The minimum Gasteiger partial charge on any atom is -0.295 e. The van der Waals surface area contributed by atoms with E-state index in [9.17, 15) is 4.79 Å². The second kappa shape index (κ2) is 11.8. The lowest BCUT2D eigenvalue weighted by Crippen LogP contribution is -1.94. The van der Waals surface area contributed by atoms with Gasteiger partial charge >= 0.3 is 0 Å². The molecule has 0 bridgehead atoms. The van der Waals surface area contributed by atoms with Gasteiger partial charge in [0.2, 0.25) is 0 Å². The summed E-state index contributed by atoms with van der Waals surface area (Å²) in [6, 6.07) is 3.95. The van der Waals surface area contributed by atoms with Crippen molar-refractivity contribution in [3.05, 3.63) is 53.9 Å². The number of aromatic nitrogens is 1. The molecule has 1 aromatic heterocycles. The van der Waals surface area contributed by atoms with E-state index >= 15 is 0 Å². The van der Waals surface area contributed by atoms with Gasteiger partial charge in [-0.25, -0.2) is 0 Å². The molecule has 0 saturated heterocycles. The monoisotopic (exact) mass is 247 g/mol. The first kappa shape index (κ1) is 18.7. The third kappa shape index (κ3) is 9.52. The van der Waals surface area contributed by atoms with E-state index in [-0.39, 0.29) is 5.78 Å². The van der Waals surface area contributed by atoms with Crippen LogP contribution in [-0.2, 0) is 4.79 Å². The van der Waals surface area contributed by atoms with E-state index in [4.69, 9.17) is 0 Å². The normalized spacial score (nSPS) is 9.33. The predicted octanol–water partition coefficient (Wildman–Crippen LogP) is 4.51. The van der Waals surface area contributed by atoms with Crippen molar-refractivity contribution in [1.29, 1.82) is 0 Å². The van der Waals surface area contributed by atoms with Crippen LogP contribution in [0, 0.1) is 6.92 Å². The van der Waals surface area contributed by atoms with Crippen molar-refractivity contribution in [3.63, 3.8) is 0 Å². The number of rotatable bonds is 2. The Morgan fingerprint density at radius 1 is 1.33 bits per heavy atom. The molecule has 1 heterocycles. The number of allylic oxidation sites excluding steroid dienone is 3. The van der Waals surface area contributed by atoms with Gasteiger partial charge in [0.1, 0.15) is 0 Å². The minimum absolute atomic E-state index is 0.0469. The molecule has 0 fully saturated rings. The molecule has 0 spiro atoms. The molecule has 0 aliphatic heterocycles. The molecule has 100 valence electrons. The summed E-state index contributed by atoms with van der Waals surface area (Å²) in [5.41, 5.74) is 2.78. The van der Waals surface area contributed by atoms with E-state index in [1.54, 1.807) is 6.20 Å². The van der Waals surface area contributed by atoms with Gasteiger partial charge in [0.05, 0.1) is 0 Å². The van der Waals surface area contributed by atoms with Crippen molar-refractivity contribution in [3.8, 4) is 0 Å². The Morgan fingerprint density at radius 3 is 2.06 bits per heavy atom. The van der Waals surface area contributed by atoms with Gasteiger partial charge in [-0.15, -0.1) is 0 Å². The van der Waals surface area contributed by atoms with Gasteiger partial charge in [0.15, 0.2) is 5.78 Å². The molecule has 0 aliphatic rings. The molecule has 0 N–H and O–H groups in total. The number of pyridine rings is 1. The van der Waals surface area contributed by atoms with Crippen LogP contribution in [0.15, 0.2) is 48.3 Å². The van der Waals surface area contributed by atoms with Crippen molar-refractivity contribution < 1.29 is 4.79 Å². The Kier molecular flexibility index (Phi) is 12.2. The molecular formula is C16H25NO. The molecule has 0 atom stereocenters. The topological polar surface area (TPSA) is 30.0 Å². The first-order valence-electron chi connectivity index (χ1n) is 6.18. The lowest BCUT2D eigenvalue weighted by atomic mass is 10.1. The largest absolute Gasteiger partial charge is 0.295 e. The van der Waals surface area contributed by atoms with Crippen LogP contribution in [0.2, 0.25) is 0 Å². The Hall–Kier alpha value is -1.70. The number of aryl methyl sites for hydroxylation is 1. The van der Waals surface area contributed by atoms with Gasteiger partial charge in [0, 0.05) is 18.0 Å². The molecule has 0 radical (unpaired) electrons. The quantitative estimate of drug-likeness (QED) is 0.568. The third-order valence-electron chi connectivity index (χ3n) is 2.14. The predicted molar refractivity (Wildman–Crippen MR) is 79.6 cm³/mol. The van der Waals surface area contributed by atoms with E-state index in [0.717, 1.165) is 5.57 Å². The highest BCUT2D eigenvalue weighted by molar-refractivity contribution is 5.96. The molecule has 0 amide bonds. The lowest BCUT2D eigenvalue weighted by Gasteiger charge is -1.97. The van der Waals surface area contributed by atoms with Crippen molar-refractivity contribution in [2.75, 3.05) is 0 Å². The van der Waals surface area contributed by atoms with Gasteiger partial charge in [-0.1, -0.05) is 32.6 Å². The second-order valence-electron chi connectivity index (χ2n) is 3.54. The summed E-state index contributed by atoms with van der Waals surface area (Å²) in [5.74, 6) is 0.0469. The van der Waals surface area contributed by atoms with E-state index in [2.05, 4.69) is 11.6 Å². The summed E-state index contributed by atoms with van der Waals surface area (Å²) in [7, 11) is 0. The van der Waals surface area contributed by atoms with Crippen LogP contribution >= 0.6 is 0 Å². The number of carbonyl (C=O) groups is 1. The number of ketones is 1. The van der Waals surface area contributed by atoms with Gasteiger partial charge in [-0.2, -0.15) is 0 Å². The minimum atomic E-state index is 0.0469. The first-order chi connectivity index (χ1) is 8.49. The Morgan fingerprint density at radius 2 is 1.89 bits per heavy atom. The number of nitrogens with zero attached hydrogens (tertiary/aromatic N) is 1. The second-order valence-corrected chi connectivity index (χ2v) is 3.54. The van der Waals surface area contributed by atoms with E-state index in [1.165, 1.54) is 12.5 Å². The van der Waals surface area contributed by atoms with Crippen LogP contribution in [0.3, 0.4) is 0 Å². The summed E-state index contributed by atoms with van der Waals surface area (Å²) < 4.78 is 0. The average molecular weight is 247 g/mol. The highest BCUT2D eigenvalue weighted by Crippen LogP contribution is 2.05. The molecule has 0 aliphatic carbocycles. The summed E-state index contributed by atoms with van der Waals surface area (Å²) in [5, 5.41) is 0. The van der Waals surface area contributed by atoms with Gasteiger partial charge in [0.25, 0.3) is 0 Å². The molecule has 0 unspecified atom stereocenters. The first-order valence-corrected chi connectivity index (χ1v) is 6.18. The molecule has 0 saturated carbocycles. The number of carbonyl (C=O) groups excluding carboxylic acids is 1. The fourth-order valence-electron chi connectivity index (χ4n) is 0.900. The maximum Gasteiger partial charge on any atom is 0.159 e. The zero-order chi connectivity index (χ0) is 14.6. The fraction of sp³-hybridized carbons (Fsp3) is 0.375. The molecular weight excluding hydrogens is 222 g/mol. The Labute approximate surface area is 111 Å². The molecule has 18 heavy (non-hydrogen) atoms. The highest BCUT2D eigenvalue weighted by Gasteiger charge is 1.99. The average Bonchev–Trinajstić information content (AvgIpc) is 2.40. The van der Waals surface area contributed by atoms with E-state index in [0.29, 0.717) is 5.57 Å². The van der Waals surface area contributed by atoms with E-state index < -0.39 is 0 Å². The van der Waals surface area contributed by atoms with Crippen LogP contribution in [0.1, 0.15) is 40.2 Å². The smallest absolute Gasteiger partial charge is 0.159 e. The molecule has 0 aromatic carbocycles. The zero-order valence-corrected chi connectivity index (χ0v) is 12.4. The molecule has 2 nitrogen and oxygen atoms in total. The van der Waals surface area contributed by atoms with Gasteiger partial charge < -0.3 is 0 Å². The van der Waals surface area contributed by atoms with Crippen LogP contribution in [-0.4, -0.2) is 10.8 Å². The van der Waals surface area contributed by atoms with Gasteiger partial charge in [-0.05, 0) is 44.9 Å². The van der Waals surface area contributed by atoms with Gasteiger partial charge in [-0.3, -0.25) is 9.78 Å².